The monoisotopic (exact) mass is 194 g/mol. The maximum atomic E-state index is 11.4. The van der Waals surface area contributed by atoms with Crippen molar-refractivity contribution in [2.45, 2.75) is 12.8 Å². The van der Waals surface area contributed by atoms with Gasteiger partial charge >= 0.3 is 0 Å². The van der Waals surface area contributed by atoms with Crippen LogP contribution in [0.15, 0.2) is 24.3 Å². The highest BCUT2D eigenvalue weighted by Gasteiger charge is 2.33. The highest BCUT2D eigenvalue weighted by Crippen LogP contribution is 2.31. The molecule has 2 N–H and O–H groups in total. The number of hydrogen-bond acceptors (Lipinski definition) is 2. The van der Waals surface area contributed by atoms with Crippen molar-refractivity contribution in [3.05, 3.63) is 24.3 Å². The molecule has 3 heteroatoms. The lowest BCUT2D eigenvalue weighted by molar-refractivity contribution is -0.125. The summed E-state index contributed by atoms with van der Waals surface area (Å²) >= 11 is 0. The molecule has 0 aromatic rings. The lowest BCUT2D eigenvalue weighted by atomic mass is 9.78. The molecule has 0 radical (unpaired) electrons. The second kappa shape index (κ2) is 4.42. The standard InChI is InChI=1S/C11H18N2O/c1-13(2)9-8-11(10(12)14)6-4-3-5-7-11/h3-6H,7-9H2,1-2H3,(H2,12,14). The molecule has 1 aliphatic carbocycles. The van der Waals surface area contributed by atoms with E-state index in [0.29, 0.717) is 0 Å². The van der Waals surface area contributed by atoms with Gasteiger partial charge in [-0.2, -0.15) is 0 Å². The fourth-order valence-corrected chi connectivity index (χ4v) is 1.58. The van der Waals surface area contributed by atoms with E-state index in [9.17, 15) is 4.79 Å². The Morgan fingerprint density at radius 3 is 2.64 bits per heavy atom. The molecule has 0 fully saturated rings. The van der Waals surface area contributed by atoms with E-state index >= 15 is 0 Å². The highest BCUT2D eigenvalue weighted by molar-refractivity contribution is 5.83. The Morgan fingerprint density at radius 2 is 2.21 bits per heavy atom. The van der Waals surface area contributed by atoms with E-state index in [1.165, 1.54) is 0 Å². The Kier molecular flexibility index (Phi) is 3.47. The van der Waals surface area contributed by atoms with E-state index in [4.69, 9.17) is 5.73 Å². The second-order valence-corrected chi connectivity index (χ2v) is 4.07. The number of hydrogen-bond donors (Lipinski definition) is 1. The highest BCUT2D eigenvalue weighted by atomic mass is 16.1. The van der Waals surface area contributed by atoms with Gasteiger partial charge in [0.15, 0.2) is 0 Å². The normalized spacial score (nSPS) is 25.6. The lowest BCUT2D eigenvalue weighted by Crippen LogP contribution is -2.38. The Hall–Kier alpha value is -1.09. The Morgan fingerprint density at radius 1 is 1.50 bits per heavy atom. The summed E-state index contributed by atoms with van der Waals surface area (Å²) in [6.07, 6.45) is 9.31. The summed E-state index contributed by atoms with van der Waals surface area (Å²) in [7, 11) is 3.99. The van der Waals surface area contributed by atoms with Crippen LogP contribution >= 0.6 is 0 Å². The zero-order chi connectivity index (χ0) is 10.6. The molecule has 0 aromatic heterocycles. The third-order valence-electron chi connectivity index (χ3n) is 2.64. The maximum absolute atomic E-state index is 11.4. The van der Waals surface area contributed by atoms with Crippen LogP contribution in [0.25, 0.3) is 0 Å². The van der Waals surface area contributed by atoms with Crippen LogP contribution in [0.3, 0.4) is 0 Å². The van der Waals surface area contributed by atoms with Crippen molar-refractivity contribution in [3.8, 4) is 0 Å². The summed E-state index contributed by atoms with van der Waals surface area (Å²) in [5, 5.41) is 0. The quantitative estimate of drug-likeness (QED) is 0.723. The molecule has 0 saturated heterocycles. The van der Waals surface area contributed by atoms with E-state index in [2.05, 4.69) is 4.90 Å². The van der Waals surface area contributed by atoms with Crippen LogP contribution in [0.4, 0.5) is 0 Å². The predicted molar refractivity (Wildman–Crippen MR) is 57.7 cm³/mol. The van der Waals surface area contributed by atoms with Crippen LogP contribution < -0.4 is 5.73 Å². The number of carbonyl (C=O) groups is 1. The van der Waals surface area contributed by atoms with Crippen LogP contribution in [0, 0.1) is 5.41 Å². The maximum Gasteiger partial charge on any atom is 0.227 e. The van der Waals surface area contributed by atoms with E-state index in [1.807, 2.05) is 38.4 Å². The molecule has 14 heavy (non-hydrogen) atoms. The van der Waals surface area contributed by atoms with E-state index in [-0.39, 0.29) is 5.91 Å². The molecule has 1 amide bonds. The zero-order valence-corrected chi connectivity index (χ0v) is 8.86. The van der Waals surface area contributed by atoms with E-state index in [1.54, 1.807) is 0 Å². The number of nitrogens with two attached hydrogens (primary N) is 1. The third kappa shape index (κ3) is 2.45. The van der Waals surface area contributed by atoms with Gasteiger partial charge in [0.05, 0.1) is 5.41 Å². The van der Waals surface area contributed by atoms with Crippen LogP contribution in [0.1, 0.15) is 12.8 Å². The summed E-state index contributed by atoms with van der Waals surface area (Å²) < 4.78 is 0. The minimum atomic E-state index is -0.459. The minimum absolute atomic E-state index is 0.222. The summed E-state index contributed by atoms with van der Waals surface area (Å²) in [6.45, 7) is 0.876. The van der Waals surface area contributed by atoms with Crippen molar-refractivity contribution in [1.29, 1.82) is 0 Å². The van der Waals surface area contributed by atoms with Crippen LogP contribution in [0.5, 0.6) is 0 Å². The fraction of sp³-hybridized carbons (Fsp3) is 0.545. The van der Waals surface area contributed by atoms with Gasteiger partial charge in [0.1, 0.15) is 0 Å². The molecule has 1 rings (SSSR count). The van der Waals surface area contributed by atoms with Gasteiger partial charge in [-0.25, -0.2) is 0 Å². The molecule has 1 aliphatic rings. The number of nitrogens with zero attached hydrogens (tertiary/aromatic N) is 1. The summed E-state index contributed by atoms with van der Waals surface area (Å²) in [5.41, 5.74) is 4.99. The smallest absolute Gasteiger partial charge is 0.227 e. The molecule has 0 bridgehead atoms. The van der Waals surface area contributed by atoms with Gasteiger partial charge in [-0.3, -0.25) is 4.79 Å². The average Bonchev–Trinajstić information content (AvgIpc) is 2.16. The van der Waals surface area contributed by atoms with Gasteiger partial charge in [-0.15, -0.1) is 0 Å². The zero-order valence-electron chi connectivity index (χ0n) is 8.86. The largest absolute Gasteiger partial charge is 0.369 e. The van der Waals surface area contributed by atoms with Crippen molar-refractivity contribution in [1.82, 2.24) is 4.90 Å². The molecular weight excluding hydrogens is 176 g/mol. The number of carbonyl (C=O) groups excluding carboxylic acids is 1. The Bertz CT molecular complexity index is 268. The average molecular weight is 194 g/mol. The number of amides is 1. The molecule has 0 aliphatic heterocycles. The first-order valence-corrected chi connectivity index (χ1v) is 4.86. The molecule has 0 saturated carbocycles. The molecule has 78 valence electrons. The Balaban J connectivity index is 2.68. The summed E-state index contributed by atoms with van der Waals surface area (Å²) in [4.78, 5) is 13.5. The van der Waals surface area contributed by atoms with Gasteiger partial charge in [0, 0.05) is 0 Å². The third-order valence-corrected chi connectivity index (χ3v) is 2.64. The van der Waals surface area contributed by atoms with Gasteiger partial charge in [0.25, 0.3) is 0 Å². The van der Waals surface area contributed by atoms with E-state index < -0.39 is 5.41 Å². The van der Waals surface area contributed by atoms with Crippen LogP contribution in [-0.2, 0) is 4.79 Å². The molecule has 0 heterocycles. The molecule has 1 atom stereocenters. The molecular formula is C11H18N2O. The summed E-state index contributed by atoms with van der Waals surface area (Å²) in [6, 6.07) is 0. The first-order valence-electron chi connectivity index (χ1n) is 4.86. The van der Waals surface area contributed by atoms with E-state index in [0.717, 1.165) is 19.4 Å². The van der Waals surface area contributed by atoms with Gasteiger partial charge < -0.3 is 10.6 Å². The second-order valence-electron chi connectivity index (χ2n) is 4.07. The fourth-order valence-electron chi connectivity index (χ4n) is 1.58. The van der Waals surface area contributed by atoms with Crippen molar-refractivity contribution < 1.29 is 4.79 Å². The van der Waals surface area contributed by atoms with Gasteiger partial charge in [-0.1, -0.05) is 24.3 Å². The Labute approximate surface area is 85.3 Å². The minimum Gasteiger partial charge on any atom is -0.369 e. The number of primary amides is 1. The number of rotatable bonds is 4. The molecule has 1 unspecified atom stereocenters. The lowest BCUT2D eigenvalue weighted by Gasteiger charge is -2.28. The topological polar surface area (TPSA) is 46.3 Å². The molecule has 3 nitrogen and oxygen atoms in total. The van der Waals surface area contributed by atoms with Crippen molar-refractivity contribution >= 4 is 5.91 Å². The molecule has 0 spiro atoms. The number of allylic oxidation sites excluding steroid dienone is 3. The van der Waals surface area contributed by atoms with Gasteiger partial charge in [-0.05, 0) is 33.5 Å². The van der Waals surface area contributed by atoms with Crippen molar-refractivity contribution in [3.63, 3.8) is 0 Å². The van der Waals surface area contributed by atoms with Gasteiger partial charge in [0.2, 0.25) is 5.91 Å². The predicted octanol–water partition coefficient (Wildman–Crippen LogP) is 0.926. The van der Waals surface area contributed by atoms with Crippen LogP contribution in [0.2, 0.25) is 0 Å². The first-order chi connectivity index (χ1) is 6.57. The van der Waals surface area contributed by atoms with Crippen molar-refractivity contribution in [2.24, 2.45) is 11.1 Å². The first kappa shape index (κ1) is 11.0. The SMILES string of the molecule is CN(C)CCC1(C(N)=O)C=CC=CC1. The molecule has 0 aromatic carbocycles. The summed E-state index contributed by atoms with van der Waals surface area (Å²) in [5.74, 6) is -0.222. The van der Waals surface area contributed by atoms with Crippen molar-refractivity contribution in [2.75, 3.05) is 20.6 Å². The van der Waals surface area contributed by atoms with Crippen LogP contribution in [-0.4, -0.2) is 31.4 Å².